The fourth-order valence-corrected chi connectivity index (χ4v) is 2.61. The summed E-state index contributed by atoms with van der Waals surface area (Å²) < 4.78 is 15.9. The van der Waals surface area contributed by atoms with E-state index < -0.39 is 0 Å². The first kappa shape index (κ1) is 18.4. The van der Waals surface area contributed by atoms with Gasteiger partial charge in [-0.25, -0.2) is 9.97 Å². The number of rotatable bonds is 8. The van der Waals surface area contributed by atoms with Crippen LogP contribution < -0.4 is 9.47 Å². The number of hydrogen-bond donors (Lipinski definition) is 1. The lowest BCUT2D eigenvalue weighted by Crippen LogP contribution is -2.07. The van der Waals surface area contributed by atoms with Gasteiger partial charge in [-0.05, 0) is 37.3 Å². The molecule has 0 unspecified atom stereocenters. The van der Waals surface area contributed by atoms with E-state index in [4.69, 9.17) is 13.9 Å². The number of ether oxygens (including phenoxy) is 2. The Morgan fingerprint density at radius 3 is 2.85 bits per heavy atom. The predicted molar refractivity (Wildman–Crippen MR) is 98.2 cm³/mol. The Kier molecular flexibility index (Phi) is 5.71. The molecule has 3 rings (SSSR count). The van der Waals surface area contributed by atoms with Gasteiger partial charge in [0.2, 0.25) is 5.89 Å². The zero-order valence-electron chi connectivity index (χ0n) is 15.1. The van der Waals surface area contributed by atoms with E-state index in [9.17, 15) is 9.90 Å². The maximum Gasteiger partial charge on any atom is 0.226 e. The number of hydrogen-bond acceptors (Lipinski definition) is 7. The first-order chi connectivity index (χ1) is 13.1. The highest BCUT2D eigenvalue weighted by atomic mass is 16.5. The van der Waals surface area contributed by atoms with Gasteiger partial charge in [-0.2, -0.15) is 0 Å². The summed E-state index contributed by atoms with van der Waals surface area (Å²) in [6.45, 7) is 2.32. The number of aryl methyl sites for hydroxylation is 1. The number of oxazole rings is 1. The van der Waals surface area contributed by atoms with Crippen molar-refractivity contribution in [2.75, 3.05) is 13.7 Å². The molecule has 0 fully saturated rings. The molecule has 0 bridgehead atoms. The maximum atomic E-state index is 12.5. The number of Topliss-reactive ketones (excluding diaryl/α,β-unsaturated/α-hetero) is 1. The Morgan fingerprint density at radius 1 is 1.26 bits per heavy atom. The van der Waals surface area contributed by atoms with Crippen LogP contribution in [0.25, 0.3) is 11.5 Å². The molecule has 0 aliphatic heterocycles. The molecule has 0 amide bonds. The topological polar surface area (TPSA) is 94.7 Å². The van der Waals surface area contributed by atoms with E-state index in [-0.39, 0.29) is 18.0 Å². The highest BCUT2D eigenvalue weighted by Gasteiger charge is 2.16. The Balaban J connectivity index is 1.68. The number of phenolic OH excluding ortho intramolecular Hbond substituents is 1. The van der Waals surface area contributed by atoms with Crippen LogP contribution in [0.3, 0.4) is 0 Å². The van der Waals surface area contributed by atoms with Gasteiger partial charge < -0.3 is 19.0 Å². The van der Waals surface area contributed by atoms with E-state index in [2.05, 4.69) is 9.97 Å². The van der Waals surface area contributed by atoms with Crippen molar-refractivity contribution in [1.29, 1.82) is 0 Å². The molecule has 0 aliphatic carbocycles. The molecule has 3 aromatic rings. The molecule has 0 spiro atoms. The second-order valence-electron chi connectivity index (χ2n) is 5.74. The van der Waals surface area contributed by atoms with E-state index in [0.717, 1.165) is 0 Å². The fourth-order valence-electron chi connectivity index (χ4n) is 2.61. The number of methoxy groups -OCH3 is 1. The quantitative estimate of drug-likeness (QED) is 0.606. The summed E-state index contributed by atoms with van der Waals surface area (Å²) in [5.41, 5.74) is 1.58. The Labute approximate surface area is 156 Å². The number of ketones is 1. The molecule has 7 heteroatoms. The molecule has 7 nitrogen and oxygen atoms in total. The summed E-state index contributed by atoms with van der Waals surface area (Å²) in [4.78, 5) is 21.0. The van der Waals surface area contributed by atoms with Crippen LogP contribution in [0.15, 0.2) is 47.2 Å². The molecule has 27 heavy (non-hydrogen) atoms. The van der Waals surface area contributed by atoms with Gasteiger partial charge in [-0.15, -0.1) is 0 Å². The third-order valence-corrected chi connectivity index (χ3v) is 3.92. The largest absolute Gasteiger partial charge is 0.504 e. The number of pyridine rings is 1. The highest BCUT2D eigenvalue weighted by molar-refractivity contribution is 5.96. The van der Waals surface area contributed by atoms with Gasteiger partial charge in [0.05, 0.1) is 19.4 Å². The third-order valence-electron chi connectivity index (χ3n) is 3.92. The fraction of sp³-hybridized carbons (Fsp3) is 0.250. The van der Waals surface area contributed by atoms with Gasteiger partial charge in [-0.3, -0.25) is 4.79 Å². The Bertz CT molecular complexity index is 936. The number of nitrogens with zero attached hydrogens (tertiary/aromatic N) is 2. The van der Waals surface area contributed by atoms with Gasteiger partial charge in [0.15, 0.2) is 17.3 Å². The highest BCUT2D eigenvalue weighted by Crippen LogP contribution is 2.31. The molecule has 1 N–H and O–H groups in total. The first-order valence-electron chi connectivity index (χ1n) is 8.55. The SMILES string of the molecule is CCOc1cccnc1C(=O)CCc1coc(-c2ccc(OC)c(O)c2)n1. The van der Waals surface area contributed by atoms with Gasteiger partial charge in [-0.1, -0.05) is 0 Å². The monoisotopic (exact) mass is 368 g/mol. The number of aromatic nitrogens is 2. The van der Waals surface area contributed by atoms with Crippen molar-refractivity contribution in [3.05, 3.63) is 54.2 Å². The summed E-state index contributed by atoms with van der Waals surface area (Å²) in [7, 11) is 1.48. The average Bonchev–Trinajstić information content (AvgIpc) is 3.16. The molecule has 0 saturated heterocycles. The van der Waals surface area contributed by atoms with Crippen LogP contribution in [0.2, 0.25) is 0 Å². The molecule has 0 aliphatic rings. The number of phenols is 1. The molecular formula is C20H20N2O5. The van der Waals surface area contributed by atoms with Gasteiger partial charge in [0.1, 0.15) is 17.7 Å². The summed E-state index contributed by atoms with van der Waals surface area (Å²) >= 11 is 0. The minimum Gasteiger partial charge on any atom is -0.504 e. The smallest absolute Gasteiger partial charge is 0.226 e. The van der Waals surface area contributed by atoms with Crippen LogP contribution in [0, 0.1) is 0 Å². The molecule has 2 heterocycles. The van der Waals surface area contributed by atoms with E-state index >= 15 is 0 Å². The van der Waals surface area contributed by atoms with E-state index in [1.807, 2.05) is 6.92 Å². The number of carbonyl (C=O) groups is 1. The second-order valence-corrected chi connectivity index (χ2v) is 5.74. The number of aromatic hydroxyl groups is 1. The number of benzene rings is 1. The van der Waals surface area contributed by atoms with Gasteiger partial charge >= 0.3 is 0 Å². The minimum absolute atomic E-state index is 0.00327. The van der Waals surface area contributed by atoms with Crippen LogP contribution in [-0.4, -0.2) is 34.6 Å². The molecule has 140 valence electrons. The van der Waals surface area contributed by atoms with E-state index in [1.54, 1.807) is 30.5 Å². The van der Waals surface area contributed by atoms with Crippen molar-refractivity contribution in [3.63, 3.8) is 0 Å². The van der Waals surface area contributed by atoms with E-state index in [0.29, 0.717) is 47.4 Å². The third kappa shape index (κ3) is 4.25. The lowest BCUT2D eigenvalue weighted by atomic mass is 10.1. The molecule has 1 aromatic carbocycles. The molecule has 0 saturated carbocycles. The summed E-state index contributed by atoms with van der Waals surface area (Å²) in [5, 5.41) is 9.87. The normalized spacial score (nSPS) is 10.6. The summed E-state index contributed by atoms with van der Waals surface area (Å²) in [5.74, 6) is 1.11. The molecule has 0 atom stereocenters. The Hall–Kier alpha value is -3.35. The maximum absolute atomic E-state index is 12.5. The van der Waals surface area contributed by atoms with E-state index in [1.165, 1.54) is 19.4 Å². The summed E-state index contributed by atoms with van der Waals surface area (Å²) in [6.07, 6.45) is 3.72. The lowest BCUT2D eigenvalue weighted by Gasteiger charge is -2.07. The van der Waals surface area contributed by atoms with Crippen molar-refractivity contribution in [3.8, 4) is 28.7 Å². The van der Waals surface area contributed by atoms with Crippen LogP contribution in [0.5, 0.6) is 17.2 Å². The van der Waals surface area contributed by atoms with Crippen molar-refractivity contribution in [1.82, 2.24) is 9.97 Å². The zero-order chi connectivity index (χ0) is 19.2. The predicted octanol–water partition coefficient (Wildman–Crippen LogP) is 3.67. The summed E-state index contributed by atoms with van der Waals surface area (Å²) in [6, 6.07) is 8.35. The van der Waals surface area contributed by atoms with Crippen molar-refractivity contribution in [2.24, 2.45) is 0 Å². The standard InChI is InChI=1S/C20H20N2O5/c1-3-26-18-5-4-10-21-19(18)15(23)8-7-14-12-27-20(22-14)13-6-9-17(25-2)16(24)11-13/h4-6,9-12,24H,3,7-8H2,1-2H3. The second kappa shape index (κ2) is 8.35. The van der Waals surface area contributed by atoms with Gasteiger partial charge in [0.25, 0.3) is 0 Å². The first-order valence-corrected chi connectivity index (χ1v) is 8.55. The van der Waals surface area contributed by atoms with Crippen molar-refractivity contribution < 1.29 is 23.8 Å². The number of carbonyl (C=O) groups excluding carboxylic acids is 1. The molecule has 0 radical (unpaired) electrons. The van der Waals surface area contributed by atoms with Crippen molar-refractivity contribution >= 4 is 5.78 Å². The molecular weight excluding hydrogens is 348 g/mol. The lowest BCUT2D eigenvalue weighted by molar-refractivity contribution is 0.0973. The van der Waals surface area contributed by atoms with Crippen LogP contribution in [0.1, 0.15) is 29.5 Å². The molecule has 2 aromatic heterocycles. The van der Waals surface area contributed by atoms with Crippen molar-refractivity contribution in [2.45, 2.75) is 19.8 Å². The van der Waals surface area contributed by atoms with Crippen LogP contribution >= 0.6 is 0 Å². The average molecular weight is 368 g/mol. The Morgan fingerprint density at radius 2 is 2.11 bits per heavy atom. The minimum atomic E-state index is -0.120. The van der Waals surface area contributed by atoms with Crippen LogP contribution in [-0.2, 0) is 6.42 Å². The van der Waals surface area contributed by atoms with Crippen LogP contribution in [0.4, 0.5) is 0 Å². The zero-order valence-corrected chi connectivity index (χ0v) is 15.1. The van der Waals surface area contributed by atoms with Gasteiger partial charge in [0, 0.05) is 24.6 Å².